The van der Waals surface area contributed by atoms with Gasteiger partial charge >= 0.3 is 0 Å². The molecule has 5 heteroatoms. The van der Waals surface area contributed by atoms with Crippen LogP contribution in [0.1, 0.15) is 18.4 Å². The fourth-order valence-corrected chi connectivity index (χ4v) is 1.50. The molecule has 0 aromatic heterocycles. The van der Waals surface area contributed by atoms with Crippen LogP contribution in [0.3, 0.4) is 0 Å². The Hall–Kier alpha value is -0.800. The van der Waals surface area contributed by atoms with Crippen LogP contribution < -0.4 is 5.32 Å². The van der Waals surface area contributed by atoms with Crippen LogP contribution in [0.4, 0.5) is 4.39 Å². The number of nitrogens with one attached hydrogen (secondary N) is 1. The first-order valence-electron chi connectivity index (χ1n) is 4.90. The van der Waals surface area contributed by atoms with Crippen LogP contribution in [0.2, 0.25) is 5.02 Å². The maximum Gasteiger partial charge on any atom is 0.220 e. The van der Waals surface area contributed by atoms with Gasteiger partial charge in [0.2, 0.25) is 5.91 Å². The summed E-state index contributed by atoms with van der Waals surface area (Å²) in [4.78, 5) is 11.3. The molecule has 0 heterocycles. The molecule has 0 aliphatic heterocycles. The molecule has 1 amide bonds. The van der Waals surface area contributed by atoms with Gasteiger partial charge in [0.05, 0.1) is 5.02 Å². The third kappa shape index (κ3) is 4.37. The Morgan fingerprint density at radius 2 is 2.19 bits per heavy atom. The maximum absolute atomic E-state index is 12.8. The lowest BCUT2D eigenvalue weighted by molar-refractivity contribution is -0.121. The van der Waals surface area contributed by atoms with Gasteiger partial charge in [0.1, 0.15) is 5.82 Å². The van der Waals surface area contributed by atoms with Crippen molar-refractivity contribution in [1.29, 1.82) is 0 Å². The largest absolute Gasteiger partial charge is 0.352 e. The molecule has 0 atom stereocenters. The SMILES string of the molecule is O=C(CCCCl)NCc1ccc(F)c(Cl)c1. The molecule has 0 bridgehead atoms. The lowest BCUT2D eigenvalue weighted by Crippen LogP contribution is -2.22. The minimum Gasteiger partial charge on any atom is -0.352 e. The number of hydrogen-bond acceptors (Lipinski definition) is 1. The van der Waals surface area contributed by atoms with Gasteiger partial charge in [-0.15, -0.1) is 11.6 Å². The smallest absolute Gasteiger partial charge is 0.220 e. The van der Waals surface area contributed by atoms with Crippen molar-refractivity contribution in [2.75, 3.05) is 5.88 Å². The zero-order valence-corrected chi connectivity index (χ0v) is 10.1. The first-order chi connectivity index (χ1) is 7.63. The number of alkyl halides is 1. The van der Waals surface area contributed by atoms with E-state index < -0.39 is 5.82 Å². The van der Waals surface area contributed by atoms with E-state index in [4.69, 9.17) is 23.2 Å². The molecule has 1 aromatic rings. The van der Waals surface area contributed by atoms with Crippen LogP contribution in [-0.4, -0.2) is 11.8 Å². The number of halogens is 3. The van der Waals surface area contributed by atoms with Gasteiger partial charge in [-0.1, -0.05) is 17.7 Å². The van der Waals surface area contributed by atoms with E-state index in [2.05, 4.69) is 5.32 Å². The van der Waals surface area contributed by atoms with Crippen molar-refractivity contribution in [3.8, 4) is 0 Å². The molecule has 16 heavy (non-hydrogen) atoms. The molecule has 0 unspecified atom stereocenters. The first-order valence-corrected chi connectivity index (χ1v) is 5.81. The Labute approximate surface area is 104 Å². The van der Waals surface area contributed by atoms with Crippen molar-refractivity contribution in [1.82, 2.24) is 5.32 Å². The van der Waals surface area contributed by atoms with Crippen molar-refractivity contribution in [2.24, 2.45) is 0 Å². The molecule has 0 aliphatic carbocycles. The Bertz CT molecular complexity index is 371. The van der Waals surface area contributed by atoms with Crippen LogP contribution in [0.15, 0.2) is 18.2 Å². The van der Waals surface area contributed by atoms with Crippen LogP contribution in [-0.2, 0) is 11.3 Å². The zero-order chi connectivity index (χ0) is 12.0. The zero-order valence-electron chi connectivity index (χ0n) is 8.60. The molecule has 0 radical (unpaired) electrons. The molecular formula is C11H12Cl2FNO. The van der Waals surface area contributed by atoms with Gasteiger partial charge in [0.15, 0.2) is 0 Å². The van der Waals surface area contributed by atoms with E-state index >= 15 is 0 Å². The lowest BCUT2D eigenvalue weighted by Gasteiger charge is -2.05. The summed E-state index contributed by atoms with van der Waals surface area (Å²) in [6.45, 7) is 0.348. The quantitative estimate of drug-likeness (QED) is 0.813. The molecule has 1 aromatic carbocycles. The van der Waals surface area contributed by atoms with Crippen LogP contribution >= 0.6 is 23.2 Å². The monoisotopic (exact) mass is 263 g/mol. The lowest BCUT2D eigenvalue weighted by atomic mass is 10.2. The highest BCUT2D eigenvalue weighted by Crippen LogP contribution is 2.15. The molecule has 0 fully saturated rings. The van der Waals surface area contributed by atoms with E-state index in [1.54, 1.807) is 6.07 Å². The minimum atomic E-state index is -0.459. The summed E-state index contributed by atoms with van der Waals surface area (Å²) in [7, 11) is 0. The third-order valence-electron chi connectivity index (χ3n) is 2.01. The second kappa shape index (κ2) is 6.71. The second-order valence-electron chi connectivity index (χ2n) is 3.32. The Balaban J connectivity index is 2.42. The molecule has 0 aliphatic rings. The summed E-state index contributed by atoms with van der Waals surface area (Å²) in [5, 5.41) is 2.76. The van der Waals surface area contributed by atoms with Crippen LogP contribution in [0.25, 0.3) is 0 Å². The fourth-order valence-electron chi connectivity index (χ4n) is 1.17. The molecule has 2 nitrogen and oxygen atoms in total. The predicted octanol–water partition coefficient (Wildman–Crippen LogP) is 3.11. The summed E-state index contributed by atoms with van der Waals surface area (Å²) in [5.74, 6) is -0.0597. The van der Waals surface area contributed by atoms with Crippen LogP contribution in [0.5, 0.6) is 0 Å². The van der Waals surface area contributed by atoms with E-state index in [0.29, 0.717) is 25.3 Å². The van der Waals surface area contributed by atoms with Gasteiger partial charge in [0, 0.05) is 18.8 Å². The average molecular weight is 264 g/mol. The van der Waals surface area contributed by atoms with E-state index in [0.717, 1.165) is 5.56 Å². The number of carbonyl (C=O) groups is 1. The van der Waals surface area contributed by atoms with Crippen molar-refractivity contribution in [3.63, 3.8) is 0 Å². The van der Waals surface area contributed by atoms with E-state index in [-0.39, 0.29) is 10.9 Å². The fraction of sp³-hybridized carbons (Fsp3) is 0.364. The maximum atomic E-state index is 12.8. The molecule has 1 rings (SSSR count). The third-order valence-corrected chi connectivity index (χ3v) is 2.57. The molecule has 0 saturated carbocycles. The molecule has 0 saturated heterocycles. The van der Waals surface area contributed by atoms with Crippen molar-refractivity contribution < 1.29 is 9.18 Å². The summed E-state index contributed by atoms with van der Waals surface area (Å²) in [6, 6.07) is 4.37. The highest BCUT2D eigenvalue weighted by molar-refractivity contribution is 6.30. The van der Waals surface area contributed by atoms with Gasteiger partial charge < -0.3 is 5.32 Å². The Morgan fingerprint density at radius 1 is 1.44 bits per heavy atom. The highest BCUT2D eigenvalue weighted by Gasteiger charge is 2.03. The van der Waals surface area contributed by atoms with E-state index in [1.165, 1.54) is 12.1 Å². The Morgan fingerprint density at radius 3 is 2.81 bits per heavy atom. The number of hydrogen-bond donors (Lipinski definition) is 1. The summed E-state index contributed by atoms with van der Waals surface area (Å²) < 4.78 is 12.8. The summed E-state index contributed by atoms with van der Waals surface area (Å²) >= 11 is 11.1. The van der Waals surface area contributed by atoms with Gasteiger partial charge in [-0.3, -0.25) is 4.79 Å². The predicted molar refractivity (Wildman–Crippen MR) is 63.2 cm³/mol. The van der Waals surface area contributed by atoms with E-state index in [9.17, 15) is 9.18 Å². The average Bonchev–Trinajstić information content (AvgIpc) is 2.28. The van der Waals surface area contributed by atoms with Crippen LogP contribution in [0, 0.1) is 5.82 Å². The van der Waals surface area contributed by atoms with E-state index in [1.807, 2.05) is 0 Å². The van der Waals surface area contributed by atoms with Crippen molar-refractivity contribution in [2.45, 2.75) is 19.4 Å². The second-order valence-corrected chi connectivity index (χ2v) is 4.10. The van der Waals surface area contributed by atoms with Crippen molar-refractivity contribution in [3.05, 3.63) is 34.6 Å². The number of carbonyl (C=O) groups excluding carboxylic acids is 1. The number of benzene rings is 1. The van der Waals surface area contributed by atoms with Gasteiger partial charge in [-0.05, 0) is 24.1 Å². The highest BCUT2D eigenvalue weighted by atomic mass is 35.5. The molecular weight excluding hydrogens is 252 g/mol. The molecule has 88 valence electrons. The number of amides is 1. The Kier molecular flexibility index (Phi) is 5.56. The summed E-state index contributed by atoms with van der Waals surface area (Å²) in [6.07, 6.45) is 1.05. The normalized spacial score (nSPS) is 10.2. The van der Waals surface area contributed by atoms with Gasteiger partial charge in [0.25, 0.3) is 0 Å². The van der Waals surface area contributed by atoms with Crippen molar-refractivity contribution >= 4 is 29.1 Å². The van der Waals surface area contributed by atoms with Gasteiger partial charge in [-0.25, -0.2) is 4.39 Å². The summed E-state index contributed by atoms with van der Waals surface area (Å²) in [5.41, 5.74) is 0.769. The number of rotatable bonds is 5. The molecule has 1 N–H and O–H groups in total. The molecule has 0 spiro atoms. The van der Waals surface area contributed by atoms with Gasteiger partial charge in [-0.2, -0.15) is 0 Å². The topological polar surface area (TPSA) is 29.1 Å². The first kappa shape index (κ1) is 13.3. The minimum absolute atomic E-state index is 0.0625. The standard InChI is InChI=1S/C11H12Cl2FNO/c12-5-1-2-11(16)15-7-8-3-4-10(14)9(13)6-8/h3-4,6H,1-2,5,7H2,(H,15,16).